The summed E-state index contributed by atoms with van der Waals surface area (Å²) in [5.41, 5.74) is 1.25. The van der Waals surface area contributed by atoms with E-state index in [2.05, 4.69) is 39.4 Å². The predicted molar refractivity (Wildman–Crippen MR) is 101 cm³/mol. The first-order valence-corrected chi connectivity index (χ1v) is 9.77. The molecular weight excluding hydrogens is 342 g/mol. The molecule has 0 aliphatic carbocycles. The van der Waals surface area contributed by atoms with Crippen LogP contribution in [0.15, 0.2) is 29.2 Å². The Morgan fingerprint density at radius 1 is 1.12 bits per heavy atom. The third kappa shape index (κ3) is 3.59. The summed E-state index contributed by atoms with van der Waals surface area (Å²) in [6, 6.07) is 9.02. The number of carbonyl (C=O) groups is 1. The second-order valence-electron chi connectivity index (χ2n) is 6.74. The smallest absolute Gasteiger partial charge is 0.230 e. The van der Waals surface area contributed by atoms with Crippen LogP contribution in [0.25, 0.3) is 0 Å². The number of nitrogens with one attached hydrogen (secondary N) is 1. The molecule has 2 unspecified atom stereocenters. The fourth-order valence-corrected chi connectivity index (χ4v) is 5.23. The van der Waals surface area contributed by atoms with Crippen LogP contribution in [0.3, 0.4) is 0 Å². The Labute approximate surface area is 154 Å². The first-order chi connectivity index (χ1) is 11.3. The highest BCUT2D eigenvalue weighted by Gasteiger charge is 2.35. The van der Waals surface area contributed by atoms with Gasteiger partial charge in [0.2, 0.25) is 5.91 Å². The monoisotopic (exact) mass is 367 g/mol. The Bertz CT molecular complexity index is 579. The minimum Gasteiger partial charge on any atom is -0.341 e. The summed E-state index contributed by atoms with van der Waals surface area (Å²) in [4.78, 5) is 19.1. The molecule has 0 saturated carbocycles. The van der Waals surface area contributed by atoms with E-state index in [0.29, 0.717) is 11.9 Å². The lowest BCUT2D eigenvalue weighted by Gasteiger charge is -2.33. The number of benzene rings is 1. The largest absolute Gasteiger partial charge is 0.341 e. The highest BCUT2D eigenvalue weighted by Crippen LogP contribution is 2.38. The van der Waals surface area contributed by atoms with E-state index in [1.165, 1.54) is 10.5 Å². The van der Waals surface area contributed by atoms with E-state index in [-0.39, 0.29) is 18.3 Å². The zero-order valence-corrected chi connectivity index (χ0v) is 15.6. The summed E-state index contributed by atoms with van der Waals surface area (Å²) < 4.78 is 0. The number of halogens is 1. The Morgan fingerprint density at radius 2 is 1.92 bits per heavy atom. The van der Waals surface area contributed by atoms with Crippen molar-refractivity contribution in [3.63, 3.8) is 0 Å². The van der Waals surface area contributed by atoms with Gasteiger partial charge in [-0.1, -0.05) is 18.2 Å². The van der Waals surface area contributed by atoms with Gasteiger partial charge >= 0.3 is 0 Å². The molecule has 4 nitrogen and oxygen atoms in total. The van der Waals surface area contributed by atoms with Crippen LogP contribution in [0.2, 0.25) is 0 Å². The average molecular weight is 368 g/mol. The molecule has 0 spiro atoms. The van der Waals surface area contributed by atoms with Crippen molar-refractivity contribution >= 4 is 30.1 Å². The quantitative estimate of drug-likeness (QED) is 0.869. The average Bonchev–Trinajstić information content (AvgIpc) is 3.11. The lowest BCUT2D eigenvalue weighted by Crippen LogP contribution is -2.49. The molecule has 3 aliphatic rings. The van der Waals surface area contributed by atoms with Crippen molar-refractivity contribution < 1.29 is 4.79 Å². The minimum absolute atomic E-state index is 0. The first kappa shape index (κ1) is 18.1. The Hall–Kier alpha value is -0.750. The normalized spacial score (nSPS) is 27.4. The van der Waals surface area contributed by atoms with Gasteiger partial charge in [-0.25, -0.2) is 0 Å². The SMILES string of the molecule is Cl.O=C(C1CCSc2ccccc21)N1CCC(N2CCNCC2)C1. The standard InChI is InChI=1S/C18H25N3OS.ClH/c22-18(16-6-12-23-17-4-2-1-3-15(16)17)21-9-5-14(13-21)20-10-7-19-8-11-20;/h1-4,14,16,19H,5-13H2;1H. The van der Waals surface area contributed by atoms with E-state index in [1.54, 1.807) is 0 Å². The maximum absolute atomic E-state index is 13.1. The van der Waals surface area contributed by atoms with E-state index >= 15 is 0 Å². The van der Waals surface area contributed by atoms with Crippen molar-refractivity contribution in [1.29, 1.82) is 0 Å². The highest BCUT2D eigenvalue weighted by molar-refractivity contribution is 7.99. The molecule has 24 heavy (non-hydrogen) atoms. The molecule has 1 aromatic rings. The molecule has 2 atom stereocenters. The van der Waals surface area contributed by atoms with Gasteiger partial charge < -0.3 is 10.2 Å². The number of amides is 1. The van der Waals surface area contributed by atoms with Crippen molar-refractivity contribution in [3.8, 4) is 0 Å². The van der Waals surface area contributed by atoms with Crippen LogP contribution < -0.4 is 5.32 Å². The van der Waals surface area contributed by atoms with Crippen LogP contribution >= 0.6 is 24.2 Å². The van der Waals surface area contributed by atoms with E-state index in [4.69, 9.17) is 0 Å². The van der Waals surface area contributed by atoms with Crippen LogP contribution in [-0.2, 0) is 4.79 Å². The number of piperazine rings is 1. The van der Waals surface area contributed by atoms with E-state index in [0.717, 1.165) is 57.9 Å². The van der Waals surface area contributed by atoms with Gasteiger partial charge in [-0.3, -0.25) is 9.69 Å². The summed E-state index contributed by atoms with van der Waals surface area (Å²) in [5.74, 6) is 1.49. The summed E-state index contributed by atoms with van der Waals surface area (Å²) in [6.45, 7) is 6.25. The Kier molecular flexibility index (Phi) is 6.08. The van der Waals surface area contributed by atoms with Gasteiger partial charge in [-0.15, -0.1) is 24.2 Å². The number of fused-ring (bicyclic) bond motifs is 1. The van der Waals surface area contributed by atoms with E-state index < -0.39 is 0 Å². The van der Waals surface area contributed by atoms with E-state index in [9.17, 15) is 4.79 Å². The molecule has 2 saturated heterocycles. The van der Waals surface area contributed by atoms with Crippen LogP contribution in [-0.4, -0.2) is 66.8 Å². The summed E-state index contributed by atoms with van der Waals surface area (Å²) >= 11 is 1.89. The van der Waals surface area contributed by atoms with Crippen molar-refractivity contribution in [1.82, 2.24) is 15.1 Å². The van der Waals surface area contributed by atoms with Crippen LogP contribution in [0.1, 0.15) is 24.3 Å². The molecule has 3 aliphatic heterocycles. The molecule has 0 aromatic heterocycles. The summed E-state index contributed by atoms with van der Waals surface area (Å²) in [7, 11) is 0. The molecule has 6 heteroatoms. The molecule has 0 bridgehead atoms. The Morgan fingerprint density at radius 3 is 2.75 bits per heavy atom. The zero-order valence-electron chi connectivity index (χ0n) is 13.9. The van der Waals surface area contributed by atoms with Crippen LogP contribution in [0, 0.1) is 0 Å². The second kappa shape index (κ2) is 8.09. The van der Waals surface area contributed by atoms with Crippen LogP contribution in [0.4, 0.5) is 0 Å². The molecule has 132 valence electrons. The molecule has 3 heterocycles. The third-order valence-corrected chi connectivity index (χ3v) is 6.52. The van der Waals surface area contributed by atoms with Crippen LogP contribution in [0.5, 0.6) is 0 Å². The van der Waals surface area contributed by atoms with Gasteiger partial charge in [0.05, 0.1) is 5.92 Å². The maximum Gasteiger partial charge on any atom is 0.230 e. The number of rotatable bonds is 2. The van der Waals surface area contributed by atoms with Gasteiger partial charge in [0.15, 0.2) is 0 Å². The fraction of sp³-hybridized carbons (Fsp3) is 0.611. The molecule has 1 amide bonds. The number of thioether (sulfide) groups is 1. The first-order valence-electron chi connectivity index (χ1n) is 8.78. The third-order valence-electron chi connectivity index (χ3n) is 5.40. The predicted octanol–water partition coefficient (Wildman–Crippen LogP) is 2.19. The lowest BCUT2D eigenvalue weighted by atomic mass is 9.94. The van der Waals surface area contributed by atoms with Gasteiger partial charge in [0.1, 0.15) is 0 Å². The topological polar surface area (TPSA) is 35.6 Å². The summed E-state index contributed by atoms with van der Waals surface area (Å²) in [5, 5.41) is 3.41. The number of hydrogen-bond acceptors (Lipinski definition) is 4. The molecular formula is C18H26ClN3OS. The number of nitrogens with zero attached hydrogens (tertiary/aromatic N) is 2. The second-order valence-corrected chi connectivity index (χ2v) is 7.88. The highest BCUT2D eigenvalue weighted by atomic mass is 35.5. The molecule has 2 fully saturated rings. The van der Waals surface area contributed by atoms with Crippen molar-refractivity contribution in [2.75, 3.05) is 45.0 Å². The Balaban J connectivity index is 0.00000169. The lowest BCUT2D eigenvalue weighted by molar-refractivity contribution is -0.132. The molecule has 4 rings (SSSR count). The maximum atomic E-state index is 13.1. The number of carbonyl (C=O) groups excluding carboxylic acids is 1. The fourth-order valence-electron chi connectivity index (χ4n) is 4.11. The molecule has 1 aromatic carbocycles. The number of likely N-dealkylation sites (tertiary alicyclic amines) is 1. The zero-order chi connectivity index (χ0) is 15.6. The van der Waals surface area contributed by atoms with Crippen molar-refractivity contribution in [3.05, 3.63) is 29.8 Å². The van der Waals surface area contributed by atoms with Gasteiger partial charge in [0.25, 0.3) is 0 Å². The van der Waals surface area contributed by atoms with Gasteiger partial charge in [-0.2, -0.15) is 0 Å². The summed E-state index contributed by atoms with van der Waals surface area (Å²) in [6.07, 6.45) is 2.12. The number of hydrogen-bond donors (Lipinski definition) is 1. The van der Waals surface area contributed by atoms with Crippen molar-refractivity contribution in [2.45, 2.75) is 29.7 Å². The van der Waals surface area contributed by atoms with Gasteiger partial charge in [-0.05, 0) is 30.2 Å². The van der Waals surface area contributed by atoms with Gasteiger partial charge in [0, 0.05) is 50.2 Å². The molecule has 1 N–H and O–H groups in total. The van der Waals surface area contributed by atoms with Crippen molar-refractivity contribution in [2.24, 2.45) is 0 Å². The minimum atomic E-state index is 0. The molecule has 0 radical (unpaired) electrons. The van der Waals surface area contributed by atoms with E-state index in [1.807, 2.05) is 11.8 Å².